The fourth-order valence-corrected chi connectivity index (χ4v) is 1.15. The fraction of sp³-hybridized carbons (Fsp3) is 0.333. The summed E-state index contributed by atoms with van der Waals surface area (Å²) in [6, 6.07) is 2.43. The lowest BCUT2D eigenvalue weighted by Crippen LogP contribution is -2.34. The third-order valence-corrected chi connectivity index (χ3v) is 2.04. The first-order chi connectivity index (χ1) is 7.19. The van der Waals surface area contributed by atoms with E-state index in [0.29, 0.717) is 10.8 Å². The molecule has 1 atom stereocenters. The van der Waals surface area contributed by atoms with Gasteiger partial charge in [-0.25, -0.2) is 9.78 Å². The van der Waals surface area contributed by atoms with E-state index < -0.39 is 12.0 Å². The van der Waals surface area contributed by atoms with Crippen LogP contribution in [0.25, 0.3) is 0 Å². The molecule has 1 heterocycles. The lowest BCUT2D eigenvalue weighted by Gasteiger charge is -2.14. The molecule has 1 unspecified atom stereocenters. The summed E-state index contributed by atoms with van der Waals surface area (Å²) in [5.74, 6) is -0.233. The standard InChI is InChI=1S/C9H11ClN2O3/c1-15-9(14)7(5-13)12-8-6(10)3-2-4-11-8/h2-4,7,13H,5H2,1H3,(H,11,12). The van der Waals surface area contributed by atoms with Crippen LogP contribution in [0.2, 0.25) is 5.02 Å². The number of aromatic nitrogens is 1. The summed E-state index contributed by atoms with van der Waals surface area (Å²) in [7, 11) is 1.24. The third kappa shape index (κ3) is 3.07. The number of aliphatic hydroxyl groups is 1. The van der Waals surface area contributed by atoms with Crippen molar-refractivity contribution in [3.05, 3.63) is 23.4 Å². The molecule has 0 fully saturated rings. The van der Waals surface area contributed by atoms with Gasteiger partial charge in [-0.3, -0.25) is 0 Å². The van der Waals surface area contributed by atoms with E-state index in [9.17, 15) is 4.79 Å². The summed E-state index contributed by atoms with van der Waals surface area (Å²) in [6.07, 6.45) is 1.53. The molecule has 0 aromatic carbocycles. The molecule has 82 valence electrons. The Hall–Kier alpha value is -1.33. The van der Waals surface area contributed by atoms with Gasteiger partial charge in [-0.1, -0.05) is 11.6 Å². The van der Waals surface area contributed by atoms with Gasteiger partial charge in [0.1, 0.15) is 11.9 Å². The molecule has 1 rings (SSSR count). The van der Waals surface area contributed by atoms with Crippen LogP contribution in [-0.2, 0) is 9.53 Å². The van der Waals surface area contributed by atoms with Crippen LogP contribution in [-0.4, -0.2) is 35.8 Å². The smallest absolute Gasteiger partial charge is 0.330 e. The molecular weight excluding hydrogens is 220 g/mol. The highest BCUT2D eigenvalue weighted by molar-refractivity contribution is 6.32. The second-order valence-corrected chi connectivity index (χ2v) is 3.14. The number of rotatable bonds is 4. The lowest BCUT2D eigenvalue weighted by molar-refractivity contribution is -0.142. The van der Waals surface area contributed by atoms with Crippen LogP contribution in [0.3, 0.4) is 0 Å². The van der Waals surface area contributed by atoms with E-state index in [2.05, 4.69) is 15.0 Å². The predicted octanol–water partition coefficient (Wildman–Crippen LogP) is 0.681. The van der Waals surface area contributed by atoms with E-state index in [1.54, 1.807) is 12.1 Å². The molecule has 0 aliphatic carbocycles. The van der Waals surface area contributed by atoms with Gasteiger partial charge < -0.3 is 15.2 Å². The van der Waals surface area contributed by atoms with E-state index in [1.165, 1.54) is 13.3 Å². The van der Waals surface area contributed by atoms with E-state index in [-0.39, 0.29) is 6.61 Å². The van der Waals surface area contributed by atoms with Gasteiger partial charge in [0.25, 0.3) is 0 Å². The van der Waals surface area contributed by atoms with E-state index in [4.69, 9.17) is 16.7 Å². The number of hydrogen-bond acceptors (Lipinski definition) is 5. The van der Waals surface area contributed by atoms with Crippen molar-refractivity contribution in [3.63, 3.8) is 0 Å². The molecule has 6 heteroatoms. The number of ether oxygens (including phenoxy) is 1. The molecule has 5 nitrogen and oxygen atoms in total. The van der Waals surface area contributed by atoms with Crippen molar-refractivity contribution in [2.24, 2.45) is 0 Å². The highest BCUT2D eigenvalue weighted by Gasteiger charge is 2.18. The summed E-state index contributed by atoms with van der Waals surface area (Å²) in [5, 5.41) is 12.0. The summed E-state index contributed by atoms with van der Waals surface area (Å²) in [6.45, 7) is -0.389. The molecule has 0 saturated heterocycles. The van der Waals surface area contributed by atoms with E-state index in [0.717, 1.165) is 0 Å². The van der Waals surface area contributed by atoms with Crippen molar-refractivity contribution in [3.8, 4) is 0 Å². The lowest BCUT2D eigenvalue weighted by atomic mass is 10.3. The highest BCUT2D eigenvalue weighted by atomic mass is 35.5. The van der Waals surface area contributed by atoms with Gasteiger partial charge in [0.2, 0.25) is 0 Å². The molecule has 0 aliphatic rings. The largest absolute Gasteiger partial charge is 0.467 e. The van der Waals surface area contributed by atoms with Gasteiger partial charge in [0.05, 0.1) is 18.7 Å². The predicted molar refractivity (Wildman–Crippen MR) is 55.8 cm³/mol. The van der Waals surface area contributed by atoms with Gasteiger partial charge >= 0.3 is 5.97 Å². The van der Waals surface area contributed by atoms with Crippen LogP contribution < -0.4 is 5.32 Å². The zero-order valence-corrected chi connectivity index (χ0v) is 8.86. The number of carbonyl (C=O) groups is 1. The Morgan fingerprint density at radius 3 is 3.07 bits per heavy atom. The van der Waals surface area contributed by atoms with Gasteiger partial charge in [-0.15, -0.1) is 0 Å². The molecule has 2 N–H and O–H groups in total. The Bertz CT molecular complexity index is 346. The third-order valence-electron chi connectivity index (χ3n) is 1.74. The Labute approximate surface area is 92.0 Å². The van der Waals surface area contributed by atoms with Gasteiger partial charge in [0.15, 0.2) is 0 Å². The number of nitrogens with one attached hydrogen (secondary N) is 1. The molecule has 0 amide bonds. The van der Waals surface area contributed by atoms with Crippen LogP contribution in [0.15, 0.2) is 18.3 Å². The minimum absolute atomic E-state index is 0.337. The number of pyridine rings is 1. The average molecular weight is 231 g/mol. The van der Waals surface area contributed by atoms with Crippen LogP contribution in [0.1, 0.15) is 0 Å². The monoisotopic (exact) mass is 230 g/mol. The zero-order valence-electron chi connectivity index (χ0n) is 8.11. The number of anilines is 1. The van der Waals surface area contributed by atoms with Crippen molar-refractivity contribution in [2.75, 3.05) is 19.0 Å². The Morgan fingerprint density at radius 2 is 2.53 bits per heavy atom. The maximum atomic E-state index is 11.1. The average Bonchev–Trinajstić information content (AvgIpc) is 2.27. The van der Waals surface area contributed by atoms with Crippen molar-refractivity contribution < 1.29 is 14.6 Å². The Kier molecular flexibility index (Phi) is 4.33. The second-order valence-electron chi connectivity index (χ2n) is 2.74. The molecule has 0 aliphatic heterocycles. The number of halogens is 1. The first-order valence-corrected chi connectivity index (χ1v) is 4.62. The van der Waals surface area contributed by atoms with Gasteiger partial charge in [-0.05, 0) is 12.1 Å². The number of esters is 1. The van der Waals surface area contributed by atoms with Crippen molar-refractivity contribution >= 4 is 23.4 Å². The second kappa shape index (κ2) is 5.53. The summed E-state index contributed by atoms with van der Waals surface area (Å²) >= 11 is 5.81. The minimum atomic E-state index is -0.859. The Morgan fingerprint density at radius 1 is 1.80 bits per heavy atom. The van der Waals surface area contributed by atoms with Crippen LogP contribution in [0.5, 0.6) is 0 Å². The molecule has 0 spiro atoms. The topological polar surface area (TPSA) is 71.5 Å². The number of hydrogen-bond donors (Lipinski definition) is 2. The normalized spacial score (nSPS) is 11.9. The summed E-state index contributed by atoms with van der Waals surface area (Å²) in [4.78, 5) is 15.1. The quantitative estimate of drug-likeness (QED) is 0.745. The Balaban J connectivity index is 2.75. The number of nitrogens with zero attached hydrogens (tertiary/aromatic N) is 1. The van der Waals surface area contributed by atoms with Gasteiger partial charge in [-0.2, -0.15) is 0 Å². The maximum Gasteiger partial charge on any atom is 0.330 e. The minimum Gasteiger partial charge on any atom is -0.467 e. The molecule has 0 saturated carbocycles. The fourth-order valence-electron chi connectivity index (χ4n) is 0.978. The SMILES string of the molecule is COC(=O)C(CO)Nc1ncccc1Cl. The van der Waals surface area contributed by atoms with Gasteiger partial charge in [0, 0.05) is 6.20 Å². The molecule has 1 aromatic heterocycles. The summed E-state index contributed by atoms with van der Waals surface area (Å²) in [5.41, 5.74) is 0. The van der Waals surface area contributed by atoms with Crippen molar-refractivity contribution in [1.29, 1.82) is 0 Å². The number of aliphatic hydroxyl groups excluding tert-OH is 1. The number of carbonyl (C=O) groups excluding carboxylic acids is 1. The van der Waals surface area contributed by atoms with Crippen LogP contribution in [0.4, 0.5) is 5.82 Å². The molecule has 0 radical (unpaired) electrons. The maximum absolute atomic E-state index is 11.1. The van der Waals surface area contributed by atoms with E-state index in [1.807, 2.05) is 0 Å². The highest BCUT2D eigenvalue weighted by Crippen LogP contribution is 2.18. The molecular formula is C9H11ClN2O3. The van der Waals surface area contributed by atoms with Crippen LogP contribution in [0, 0.1) is 0 Å². The number of methoxy groups -OCH3 is 1. The first-order valence-electron chi connectivity index (χ1n) is 4.24. The zero-order chi connectivity index (χ0) is 11.3. The van der Waals surface area contributed by atoms with Crippen molar-refractivity contribution in [1.82, 2.24) is 4.98 Å². The van der Waals surface area contributed by atoms with E-state index >= 15 is 0 Å². The molecule has 15 heavy (non-hydrogen) atoms. The van der Waals surface area contributed by atoms with Crippen molar-refractivity contribution in [2.45, 2.75) is 6.04 Å². The van der Waals surface area contributed by atoms with Crippen LogP contribution >= 0.6 is 11.6 Å². The molecule has 0 bridgehead atoms. The first kappa shape index (κ1) is 11.7. The summed E-state index contributed by atoms with van der Waals surface area (Å²) < 4.78 is 4.48. The molecule has 1 aromatic rings.